The number of hydrogen-bond donors (Lipinski definition) is 1. The summed E-state index contributed by atoms with van der Waals surface area (Å²) >= 11 is 1.78. The second-order valence-electron chi connectivity index (χ2n) is 4.74. The maximum Gasteiger partial charge on any atom is 0.115 e. The summed E-state index contributed by atoms with van der Waals surface area (Å²) < 4.78 is 1.91. The van der Waals surface area contributed by atoms with Crippen molar-refractivity contribution < 1.29 is 0 Å². The van der Waals surface area contributed by atoms with Gasteiger partial charge in [-0.2, -0.15) is 5.10 Å². The molecule has 2 aromatic rings. The minimum Gasteiger partial charge on any atom is -0.318 e. The van der Waals surface area contributed by atoms with Crippen LogP contribution >= 0.6 is 11.3 Å². The van der Waals surface area contributed by atoms with E-state index in [0.717, 1.165) is 23.5 Å². The molecular formula is C13H18N4S. The Kier molecular flexibility index (Phi) is 3.18. The maximum atomic E-state index is 6.29. The molecule has 0 aliphatic heterocycles. The van der Waals surface area contributed by atoms with E-state index in [0.29, 0.717) is 0 Å². The molecule has 96 valence electrons. The van der Waals surface area contributed by atoms with Crippen LogP contribution in [0.5, 0.6) is 0 Å². The van der Waals surface area contributed by atoms with Gasteiger partial charge >= 0.3 is 0 Å². The lowest BCUT2D eigenvalue weighted by atomic mass is 10.0. The first-order valence-electron chi connectivity index (χ1n) is 6.54. The van der Waals surface area contributed by atoms with Gasteiger partial charge in [0, 0.05) is 23.2 Å². The van der Waals surface area contributed by atoms with Crippen LogP contribution in [0.1, 0.15) is 46.9 Å². The van der Waals surface area contributed by atoms with Gasteiger partial charge in [0.15, 0.2) is 0 Å². The topological polar surface area (TPSA) is 56.7 Å². The highest BCUT2D eigenvalue weighted by Gasteiger charge is 2.20. The number of rotatable bonds is 3. The summed E-state index contributed by atoms with van der Waals surface area (Å²) in [6.07, 6.45) is 8.72. The van der Waals surface area contributed by atoms with Crippen molar-refractivity contribution in [2.45, 2.75) is 45.2 Å². The number of thiazole rings is 1. The fourth-order valence-corrected chi connectivity index (χ4v) is 3.54. The lowest BCUT2D eigenvalue weighted by Gasteiger charge is -2.06. The number of nitrogens with two attached hydrogens (primary N) is 1. The largest absolute Gasteiger partial charge is 0.318 e. The monoisotopic (exact) mass is 262 g/mol. The predicted octanol–water partition coefficient (Wildman–Crippen LogP) is 2.29. The van der Waals surface area contributed by atoms with Crippen LogP contribution in [0.2, 0.25) is 0 Å². The Morgan fingerprint density at radius 3 is 3.00 bits per heavy atom. The summed E-state index contributed by atoms with van der Waals surface area (Å²) in [5.74, 6) is 0. The van der Waals surface area contributed by atoms with Crippen LogP contribution in [0.25, 0.3) is 0 Å². The molecule has 1 aliphatic carbocycles. The van der Waals surface area contributed by atoms with Gasteiger partial charge in [0.25, 0.3) is 0 Å². The SMILES string of the molecule is CCn1cc(C(N)c2nc3c(s2)CCCC3)cn1. The molecule has 18 heavy (non-hydrogen) atoms. The van der Waals surface area contributed by atoms with Crippen LogP contribution in [0.3, 0.4) is 0 Å². The average Bonchev–Trinajstić information content (AvgIpc) is 3.04. The second kappa shape index (κ2) is 4.82. The number of aryl methyl sites for hydroxylation is 3. The summed E-state index contributed by atoms with van der Waals surface area (Å²) in [6.45, 7) is 2.95. The molecule has 0 radical (unpaired) electrons. The smallest absolute Gasteiger partial charge is 0.115 e. The Bertz CT molecular complexity index is 519. The van der Waals surface area contributed by atoms with Crippen LogP contribution in [-0.4, -0.2) is 14.8 Å². The Morgan fingerprint density at radius 2 is 2.28 bits per heavy atom. The predicted molar refractivity (Wildman–Crippen MR) is 72.7 cm³/mol. The highest BCUT2D eigenvalue weighted by molar-refractivity contribution is 7.11. The first-order valence-corrected chi connectivity index (χ1v) is 7.36. The van der Waals surface area contributed by atoms with Gasteiger partial charge < -0.3 is 5.73 Å². The number of hydrogen-bond acceptors (Lipinski definition) is 4. The van der Waals surface area contributed by atoms with E-state index >= 15 is 0 Å². The number of fused-ring (bicyclic) bond motifs is 1. The fourth-order valence-electron chi connectivity index (χ4n) is 2.36. The highest BCUT2D eigenvalue weighted by Crippen LogP contribution is 2.31. The maximum absolute atomic E-state index is 6.29. The zero-order valence-corrected chi connectivity index (χ0v) is 11.4. The second-order valence-corrected chi connectivity index (χ2v) is 5.85. The van der Waals surface area contributed by atoms with Crippen molar-refractivity contribution in [3.05, 3.63) is 33.5 Å². The Balaban J connectivity index is 1.87. The highest BCUT2D eigenvalue weighted by atomic mass is 32.1. The average molecular weight is 262 g/mol. The molecule has 0 spiro atoms. The summed E-state index contributed by atoms with van der Waals surface area (Å²) in [4.78, 5) is 6.16. The lowest BCUT2D eigenvalue weighted by molar-refractivity contribution is 0.658. The molecule has 4 nitrogen and oxygen atoms in total. The van der Waals surface area contributed by atoms with E-state index in [1.165, 1.54) is 29.8 Å². The van der Waals surface area contributed by atoms with Crippen molar-refractivity contribution >= 4 is 11.3 Å². The van der Waals surface area contributed by atoms with E-state index in [4.69, 9.17) is 10.7 Å². The van der Waals surface area contributed by atoms with E-state index in [1.807, 2.05) is 17.1 Å². The van der Waals surface area contributed by atoms with Crippen LogP contribution in [0.4, 0.5) is 0 Å². The van der Waals surface area contributed by atoms with Gasteiger partial charge in [0.2, 0.25) is 0 Å². The van der Waals surface area contributed by atoms with Crippen molar-refractivity contribution in [3.63, 3.8) is 0 Å². The van der Waals surface area contributed by atoms with Crippen molar-refractivity contribution in [2.75, 3.05) is 0 Å². The van der Waals surface area contributed by atoms with E-state index in [9.17, 15) is 0 Å². The Labute approximate surface area is 111 Å². The number of aromatic nitrogens is 3. The van der Waals surface area contributed by atoms with E-state index in [1.54, 1.807) is 11.3 Å². The third-order valence-electron chi connectivity index (χ3n) is 3.46. The van der Waals surface area contributed by atoms with Gasteiger partial charge in [0.1, 0.15) is 5.01 Å². The first kappa shape index (κ1) is 11.9. The van der Waals surface area contributed by atoms with Gasteiger partial charge in [-0.1, -0.05) is 0 Å². The third-order valence-corrected chi connectivity index (χ3v) is 4.71. The molecule has 0 aromatic carbocycles. The molecule has 0 bridgehead atoms. The summed E-state index contributed by atoms with van der Waals surface area (Å²) in [7, 11) is 0. The normalized spacial score (nSPS) is 16.6. The molecule has 2 N–H and O–H groups in total. The summed E-state index contributed by atoms with van der Waals surface area (Å²) in [5.41, 5.74) is 8.63. The van der Waals surface area contributed by atoms with Crippen LogP contribution in [0, 0.1) is 0 Å². The van der Waals surface area contributed by atoms with Gasteiger partial charge in [-0.05, 0) is 32.6 Å². The molecule has 0 fully saturated rings. The molecule has 0 amide bonds. The Hall–Kier alpha value is -1.20. The molecule has 1 atom stereocenters. The fraction of sp³-hybridized carbons (Fsp3) is 0.538. The van der Waals surface area contributed by atoms with Crippen LogP contribution in [-0.2, 0) is 19.4 Å². The summed E-state index contributed by atoms with van der Waals surface area (Å²) in [5, 5.41) is 5.32. The summed E-state index contributed by atoms with van der Waals surface area (Å²) in [6, 6.07) is -0.124. The molecule has 1 aliphatic rings. The van der Waals surface area contributed by atoms with Crippen LogP contribution < -0.4 is 5.73 Å². The lowest BCUT2D eigenvalue weighted by Crippen LogP contribution is -2.11. The minimum absolute atomic E-state index is 0.124. The quantitative estimate of drug-likeness (QED) is 0.923. The van der Waals surface area contributed by atoms with Crippen molar-refractivity contribution in [1.29, 1.82) is 0 Å². The van der Waals surface area contributed by atoms with Gasteiger partial charge in [-0.15, -0.1) is 11.3 Å². The molecule has 1 unspecified atom stereocenters. The van der Waals surface area contributed by atoms with E-state index < -0.39 is 0 Å². The standard InChI is InChI=1S/C13H18N4S/c1-2-17-8-9(7-15-17)12(14)13-16-10-5-3-4-6-11(10)18-13/h7-8,12H,2-6,14H2,1H3. The molecule has 0 saturated heterocycles. The van der Waals surface area contributed by atoms with E-state index in [2.05, 4.69) is 12.0 Å². The zero-order valence-electron chi connectivity index (χ0n) is 10.6. The molecule has 3 rings (SSSR count). The van der Waals surface area contributed by atoms with Crippen LogP contribution in [0.15, 0.2) is 12.4 Å². The first-order chi connectivity index (χ1) is 8.78. The zero-order chi connectivity index (χ0) is 12.5. The molecule has 2 heterocycles. The van der Waals surface area contributed by atoms with E-state index in [-0.39, 0.29) is 6.04 Å². The van der Waals surface area contributed by atoms with Gasteiger partial charge in [-0.25, -0.2) is 4.98 Å². The van der Waals surface area contributed by atoms with Crippen molar-refractivity contribution in [3.8, 4) is 0 Å². The molecule has 5 heteroatoms. The molecule has 0 saturated carbocycles. The minimum atomic E-state index is -0.124. The van der Waals surface area contributed by atoms with Gasteiger partial charge in [0.05, 0.1) is 17.9 Å². The number of nitrogens with zero attached hydrogens (tertiary/aromatic N) is 3. The molecular weight excluding hydrogens is 244 g/mol. The van der Waals surface area contributed by atoms with Crippen molar-refractivity contribution in [2.24, 2.45) is 5.73 Å². The van der Waals surface area contributed by atoms with Gasteiger partial charge in [-0.3, -0.25) is 4.68 Å². The van der Waals surface area contributed by atoms with Crippen molar-refractivity contribution in [1.82, 2.24) is 14.8 Å². The Morgan fingerprint density at radius 1 is 1.44 bits per heavy atom. The molecule has 2 aromatic heterocycles. The third kappa shape index (κ3) is 2.08.